The van der Waals surface area contributed by atoms with E-state index in [1.807, 2.05) is 6.07 Å². The molecule has 1 rings (SSSR count). The Kier molecular flexibility index (Phi) is 1.92. The minimum absolute atomic E-state index is 0.0570. The van der Waals surface area contributed by atoms with Gasteiger partial charge in [-0.1, -0.05) is 11.3 Å². The van der Waals surface area contributed by atoms with Crippen molar-refractivity contribution in [3.8, 4) is 6.07 Å². The van der Waals surface area contributed by atoms with Crippen molar-refractivity contribution in [3.05, 3.63) is 21.1 Å². The van der Waals surface area contributed by atoms with Gasteiger partial charge in [-0.3, -0.25) is 10.1 Å². The quantitative estimate of drug-likeness (QED) is 0.329. The first-order valence-electron chi connectivity index (χ1n) is 2.79. The molecular formula is C5H3BN2O2S. The van der Waals surface area contributed by atoms with Crippen LogP contribution in [0.5, 0.6) is 0 Å². The van der Waals surface area contributed by atoms with Crippen LogP contribution in [0.1, 0.15) is 5.56 Å². The molecule has 1 aromatic heterocycles. The summed E-state index contributed by atoms with van der Waals surface area (Å²) in [6.07, 6.45) is 0. The number of nitrogens with zero attached hydrogens (tertiary/aromatic N) is 2. The highest BCUT2D eigenvalue weighted by Gasteiger charge is 2.15. The fourth-order valence-electron chi connectivity index (χ4n) is 0.697. The molecule has 1 aromatic rings. The maximum Gasteiger partial charge on any atom is 0.319 e. The third kappa shape index (κ3) is 1.23. The highest BCUT2D eigenvalue weighted by molar-refractivity contribution is 7.14. The minimum Gasteiger partial charge on any atom is -0.258 e. The van der Waals surface area contributed by atoms with Crippen molar-refractivity contribution >= 4 is 29.6 Å². The molecular weight excluding hydrogens is 163 g/mol. The number of rotatable bonds is 1. The summed E-state index contributed by atoms with van der Waals surface area (Å²) < 4.78 is 0. The predicted octanol–water partition coefficient (Wildman–Crippen LogP) is -0.214. The SMILES string of the molecule is Bc1c(C#N)csc1[N+](=O)[O-]. The lowest BCUT2D eigenvalue weighted by atomic mass is 9.95. The molecule has 0 atom stereocenters. The molecule has 0 aliphatic carbocycles. The maximum atomic E-state index is 10.3. The summed E-state index contributed by atoms with van der Waals surface area (Å²) in [5.74, 6) is 0. The van der Waals surface area contributed by atoms with Crippen LogP contribution in [0.4, 0.5) is 5.00 Å². The highest BCUT2D eigenvalue weighted by atomic mass is 32.1. The van der Waals surface area contributed by atoms with E-state index < -0.39 is 4.92 Å². The second-order valence-electron chi connectivity index (χ2n) is 1.95. The van der Waals surface area contributed by atoms with E-state index in [0.717, 1.165) is 11.3 Å². The third-order valence-electron chi connectivity index (χ3n) is 1.30. The zero-order valence-electron chi connectivity index (χ0n) is 5.70. The lowest BCUT2D eigenvalue weighted by Gasteiger charge is -1.85. The van der Waals surface area contributed by atoms with Crippen LogP contribution in [0.15, 0.2) is 5.38 Å². The van der Waals surface area contributed by atoms with E-state index >= 15 is 0 Å². The van der Waals surface area contributed by atoms with E-state index in [1.54, 1.807) is 7.85 Å². The third-order valence-corrected chi connectivity index (χ3v) is 2.33. The van der Waals surface area contributed by atoms with Crippen molar-refractivity contribution in [1.29, 1.82) is 5.26 Å². The van der Waals surface area contributed by atoms with E-state index in [9.17, 15) is 10.1 Å². The molecule has 1 heterocycles. The van der Waals surface area contributed by atoms with Gasteiger partial charge in [-0.15, -0.1) is 0 Å². The Morgan fingerprint density at radius 2 is 2.45 bits per heavy atom. The summed E-state index contributed by atoms with van der Waals surface area (Å²) in [6.45, 7) is 0. The Balaban J connectivity index is 3.24. The van der Waals surface area contributed by atoms with Gasteiger partial charge in [-0.05, 0) is 0 Å². The molecule has 0 unspecified atom stereocenters. The molecule has 0 amide bonds. The molecule has 0 aliphatic rings. The molecule has 0 fully saturated rings. The summed E-state index contributed by atoms with van der Waals surface area (Å²) in [5, 5.41) is 20.3. The Morgan fingerprint density at radius 1 is 1.82 bits per heavy atom. The van der Waals surface area contributed by atoms with E-state index in [0.29, 0.717) is 11.0 Å². The average Bonchev–Trinajstić information content (AvgIpc) is 2.30. The monoisotopic (exact) mass is 166 g/mol. The second kappa shape index (κ2) is 2.72. The van der Waals surface area contributed by atoms with Crippen LogP contribution in [0.3, 0.4) is 0 Å². The zero-order valence-corrected chi connectivity index (χ0v) is 6.51. The molecule has 6 heteroatoms. The molecule has 0 aliphatic heterocycles. The number of hydrogen-bond acceptors (Lipinski definition) is 4. The largest absolute Gasteiger partial charge is 0.319 e. The van der Waals surface area contributed by atoms with Gasteiger partial charge in [0, 0.05) is 10.8 Å². The van der Waals surface area contributed by atoms with E-state index in [2.05, 4.69) is 0 Å². The van der Waals surface area contributed by atoms with E-state index in [4.69, 9.17) is 5.26 Å². The van der Waals surface area contributed by atoms with Crippen LogP contribution >= 0.6 is 11.3 Å². The van der Waals surface area contributed by atoms with Gasteiger partial charge in [-0.2, -0.15) is 5.26 Å². The molecule has 0 aromatic carbocycles. The van der Waals surface area contributed by atoms with Gasteiger partial charge in [0.25, 0.3) is 0 Å². The van der Waals surface area contributed by atoms with Crippen molar-refractivity contribution in [2.45, 2.75) is 0 Å². The van der Waals surface area contributed by atoms with Gasteiger partial charge in [-0.25, -0.2) is 0 Å². The first-order chi connectivity index (χ1) is 5.16. The normalized spacial score (nSPS) is 9.00. The Labute approximate surface area is 67.6 Å². The van der Waals surface area contributed by atoms with Crippen LogP contribution in [0.2, 0.25) is 0 Å². The molecule has 4 nitrogen and oxygen atoms in total. The van der Waals surface area contributed by atoms with Crippen LogP contribution in [-0.2, 0) is 0 Å². The van der Waals surface area contributed by atoms with E-state index in [-0.39, 0.29) is 5.00 Å². The smallest absolute Gasteiger partial charge is 0.258 e. The van der Waals surface area contributed by atoms with Gasteiger partial charge in [0.05, 0.1) is 16.6 Å². The Morgan fingerprint density at radius 3 is 2.73 bits per heavy atom. The molecule has 0 bridgehead atoms. The molecule has 0 saturated carbocycles. The second-order valence-corrected chi connectivity index (χ2v) is 2.81. The maximum absolute atomic E-state index is 10.3. The van der Waals surface area contributed by atoms with Crippen molar-refractivity contribution in [2.24, 2.45) is 0 Å². The lowest BCUT2D eigenvalue weighted by molar-refractivity contribution is -0.379. The molecule has 0 saturated heterocycles. The number of thiophene rings is 1. The van der Waals surface area contributed by atoms with E-state index in [1.165, 1.54) is 5.38 Å². The molecule has 11 heavy (non-hydrogen) atoms. The average molecular weight is 166 g/mol. The summed E-state index contributed by atoms with van der Waals surface area (Å²) in [7, 11) is 1.58. The van der Waals surface area contributed by atoms with Crippen LogP contribution < -0.4 is 5.46 Å². The van der Waals surface area contributed by atoms with Crippen LogP contribution in [0.25, 0.3) is 0 Å². The van der Waals surface area contributed by atoms with Gasteiger partial charge in [0.15, 0.2) is 7.85 Å². The topological polar surface area (TPSA) is 66.9 Å². The molecule has 0 N–H and O–H groups in total. The number of hydrogen-bond donors (Lipinski definition) is 0. The first-order valence-corrected chi connectivity index (χ1v) is 3.67. The summed E-state index contributed by atoms with van der Waals surface area (Å²) in [4.78, 5) is 9.79. The van der Waals surface area contributed by atoms with Gasteiger partial charge in [0.2, 0.25) is 0 Å². The minimum atomic E-state index is -0.471. The molecule has 0 spiro atoms. The fourth-order valence-corrected chi connectivity index (χ4v) is 1.53. The fraction of sp³-hybridized carbons (Fsp3) is 0. The van der Waals surface area contributed by atoms with Crippen molar-refractivity contribution in [3.63, 3.8) is 0 Å². The zero-order chi connectivity index (χ0) is 8.43. The molecule has 54 valence electrons. The van der Waals surface area contributed by atoms with Crippen LogP contribution in [0, 0.1) is 21.4 Å². The Hall–Kier alpha value is -1.35. The summed E-state index contributed by atoms with van der Waals surface area (Å²) >= 11 is 0.987. The van der Waals surface area contributed by atoms with Crippen molar-refractivity contribution in [1.82, 2.24) is 0 Å². The summed E-state index contributed by atoms with van der Waals surface area (Å²) in [5.41, 5.74) is 0.851. The van der Waals surface area contributed by atoms with Crippen LogP contribution in [-0.4, -0.2) is 12.8 Å². The Bertz CT molecular complexity index is 341. The van der Waals surface area contributed by atoms with Gasteiger partial charge >= 0.3 is 5.00 Å². The number of nitro groups is 1. The highest BCUT2D eigenvalue weighted by Crippen LogP contribution is 2.17. The van der Waals surface area contributed by atoms with Crippen molar-refractivity contribution < 1.29 is 4.92 Å². The standard InChI is InChI=1S/C5H3BN2O2S/c6-4-3(1-7)2-11-5(4)8(9)10/h2H,6H2. The van der Waals surface area contributed by atoms with Gasteiger partial charge in [0.1, 0.15) is 0 Å². The number of nitriles is 1. The predicted molar refractivity (Wildman–Crippen MR) is 43.9 cm³/mol. The first kappa shape index (κ1) is 7.76. The van der Waals surface area contributed by atoms with Crippen molar-refractivity contribution in [2.75, 3.05) is 0 Å². The summed E-state index contributed by atoms with van der Waals surface area (Å²) in [6, 6.07) is 1.88. The molecule has 0 radical (unpaired) electrons. The van der Waals surface area contributed by atoms with Gasteiger partial charge < -0.3 is 0 Å². The lowest BCUT2D eigenvalue weighted by Crippen LogP contribution is -2.07.